The minimum atomic E-state index is -1.70. The molecule has 1 fully saturated rings. The topological polar surface area (TPSA) is 54.5 Å². The van der Waals surface area contributed by atoms with Crippen LogP contribution in [0.4, 0.5) is 0 Å². The van der Waals surface area contributed by atoms with Gasteiger partial charge in [-0.15, -0.1) is 0 Å². The molecule has 5 aromatic rings. The maximum absolute atomic E-state index is 15.1. The molecule has 0 aliphatic carbocycles. The first-order chi connectivity index (χ1) is 20.0. The average molecular weight is 536 g/mol. The first-order valence-corrected chi connectivity index (χ1v) is 13.7. The van der Waals surface area contributed by atoms with Crippen LogP contribution in [0.1, 0.15) is 40.8 Å². The molecule has 6 rings (SSSR count). The van der Waals surface area contributed by atoms with Crippen molar-refractivity contribution in [3.63, 3.8) is 0 Å². The van der Waals surface area contributed by atoms with E-state index in [9.17, 15) is 9.59 Å². The summed E-state index contributed by atoms with van der Waals surface area (Å²) in [4.78, 5) is 45.1. The Labute approximate surface area is 239 Å². The van der Waals surface area contributed by atoms with Gasteiger partial charge in [0.05, 0.1) is 6.04 Å². The summed E-state index contributed by atoms with van der Waals surface area (Å²) in [5.41, 5.74) is 0.594. The van der Waals surface area contributed by atoms with E-state index in [0.717, 1.165) is 16.7 Å². The van der Waals surface area contributed by atoms with E-state index in [4.69, 9.17) is 0 Å². The summed E-state index contributed by atoms with van der Waals surface area (Å²) in [7, 11) is 0. The van der Waals surface area contributed by atoms with Crippen molar-refractivity contribution >= 4 is 17.6 Å². The molecule has 0 saturated carbocycles. The van der Waals surface area contributed by atoms with E-state index in [1.165, 1.54) is 11.8 Å². The lowest BCUT2D eigenvalue weighted by molar-refractivity contribution is -0.170. The van der Waals surface area contributed by atoms with Crippen LogP contribution in [0.25, 0.3) is 0 Å². The molecule has 1 aliphatic rings. The van der Waals surface area contributed by atoms with E-state index in [0.29, 0.717) is 11.1 Å². The molecular formula is C37H29NO3. The number of Topliss-reactive ketones (excluding diaryl/α,β-unsaturated/α-hetero) is 1. The van der Waals surface area contributed by atoms with Crippen LogP contribution in [0.3, 0.4) is 0 Å². The molecule has 0 radical (unpaired) electrons. The zero-order valence-electron chi connectivity index (χ0n) is 22.7. The number of hydrogen-bond acceptors (Lipinski definition) is 3. The highest BCUT2D eigenvalue weighted by Crippen LogP contribution is 2.57. The molecule has 0 spiro atoms. The van der Waals surface area contributed by atoms with E-state index in [1.807, 2.05) is 127 Å². The van der Waals surface area contributed by atoms with Crippen LogP contribution >= 0.6 is 0 Å². The summed E-state index contributed by atoms with van der Waals surface area (Å²) in [5.74, 6) is -1.26. The van der Waals surface area contributed by atoms with Crippen LogP contribution in [0.15, 0.2) is 152 Å². The molecule has 1 aliphatic heterocycles. The van der Waals surface area contributed by atoms with Gasteiger partial charge in [0.25, 0.3) is 5.91 Å². The second-order valence-electron chi connectivity index (χ2n) is 10.4. The molecule has 4 heteroatoms. The zero-order chi connectivity index (χ0) is 28.5. The lowest BCUT2D eigenvalue weighted by Gasteiger charge is -2.57. The lowest BCUT2D eigenvalue weighted by atomic mass is 9.58. The Morgan fingerprint density at radius 3 is 1.34 bits per heavy atom. The van der Waals surface area contributed by atoms with Gasteiger partial charge in [0.2, 0.25) is 5.91 Å². The Balaban J connectivity index is 1.63. The van der Waals surface area contributed by atoms with Crippen molar-refractivity contribution in [1.29, 1.82) is 0 Å². The number of rotatable bonds is 7. The van der Waals surface area contributed by atoms with Crippen LogP contribution < -0.4 is 0 Å². The van der Waals surface area contributed by atoms with Gasteiger partial charge in [-0.3, -0.25) is 19.3 Å². The van der Waals surface area contributed by atoms with Gasteiger partial charge >= 0.3 is 0 Å². The highest BCUT2D eigenvalue weighted by Gasteiger charge is 2.68. The largest absolute Gasteiger partial charge is 0.298 e. The maximum Gasteiger partial charge on any atom is 0.252 e. The SMILES string of the molecule is CC(=O)C(C(=O)N1C(=O)C(c2ccccc2)(c2ccccc2)C1c1ccccc1)(c1ccccc1)c1ccccc1. The van der Waals surface area contributed by atoms with E-state index in [-0.39, 0.29) is 11.7 Å². The van der Waals surface area contributed by atoms with Crippen molar-refractivity contribution < 1.29 is 14.4 Å². The smallest absolute Gasteiger partial charge is 0.252 e. The molecule has 5 aromatic carbocycles. The van der Waals surface area contributed by atoms with Gasteiger partial charge in [-0.05, 0) is 34.7 Å². The van der Waals surface area contributed by atoms with Gasteiger partial charge in [0.1, 0.15) is 5.41 Å². The van der Waals surface area contributed by atoms with E-state index in [1.54, 1.807) is 24.3 Å². The fourth-order valence-corrected chi connectivity index (χ4v) is 6.45. The van der Waals surface area contributed by atoms with Crippen molar-refractivity contribution in [2.75, 3.05) is 0 Å². The molecule has 4 nitrogen and oxygen atoms in total. The predicted molar refractivity (Wildman–Crippen MR) is 159 cm³/mol. The number of carbonyl (C=O) groups is 3. The van der Waals surface area contributed by atoms with Crippen LogP contribution in [0.2, 0.25) is 0 Å². The number of β-lactam (4-membered cyclic amide) rings is 1. The molecule has 0 N–H and O–H groups in total. The summed E-state index contributed by atoms with van der Waals surface area (Å²) in [6.07, 6.45) is 0. The number of likely N-dealkylation sites (tertiary alicyclic amines) is 1. The van der Waals surface area contributed by atoms with Crippen LogP contribution in [0, 0.1) is 0 Å². The number of carbonyl (C=O) groups excluding carboxylic acids is 3. The van der Waals surface area contributed by atoms with Gasteiger partial charge in [0, 0.05) is 0 Å². The minimum Gasteiger partial charge on any atom is -0.298 e. The van der Waals surface area contributed by atoms with Gasteiger partial charge < -0.3 is 0 Å². The average Bonchev–Trinajstić information content (AvgIpc) is 3.03. The Hall–Kier alpha value is -5.09. The van der Waals surface area contributed by atoms with Crippen LogP contribution in [-0.2, 0) is 25.2 Å². The molecule has 1 heterocycles. The fourth-order valence-electron chi connectivity index (χ4n) is 6.45. The van der Waals surface area contributed by atoms with Crippen LogP contribution in [-0.4, -0.2) is 22.5 Å². The third-order valence-corrected chi connectivity index (χ3v) is 8.28. The first-order valence-electron chi connectivity index (χ1n) is 13.7. The molecule has 200 valence electrons. The molecule has 2 amide bonds. The molecule has 1 unspecified atom stereocenters. The number of benzene rings is 5. The minimum absolute atomic E-state index is 0.351. The van der Waals surface area contributed by atoms with E-state index in [2.05, 4.69) is 0 Å². The summed E-state index contributed by atoms with van der Waals surface area (Å²) in [6, 6.07) is 46.3. The molecular weight excluding hydrogens is 506 g/mol. The lowest BCUT2D eigenvalue weighted by Crippen LogP contribution is -2.71. The van der Waals surface area contributed by atoms with Crippen LogP contribution in [0.5, 0.6) is 0 Å². The Morgan fingerprint density at radius 2 is 0.951 bits per heavy atom. The maximum atomic E-state index is 15.1. The monoisotopic (exact) mass is 535 g/mol. The van der Waals surface area contributed by atoms with Crippen molar-refractivity contribution in [2.24, 2.45) is 0 Å². The van der Waals surface area contributed by atoms with Gasteiger partial charge in [0.15, 0.2) is 11.2 Å². The zero-order valence-corrected chi connectivity index (χ0v) is 22.7. The number of nitrogens with zero attached hydrogens (tertiary/aromatic N) is 1. The van der Waals surface area contributed by atoms with Crippen molar-refractivity contribution in [3.05, 3.63) is 179 Å². The summed E-state index contributed by atoms with van der Waals surface area (Å²) in [5, 5.41) is 0. The molecule has 1 saturated heterocycles. The number of ketones is 1. The Morgan fingerprint density at radius 1 is 0.585 bits per heavy atom. The first kappa shape index (κ1) is 26.1. The van der Waals surface area contributed by atoms with Gasteiger partial charge in [-0.25, -0.2) is 0 Å². The fraction of sp³-hybridized carbons (Fsp3) is 0.108. The third kappa shape index (κ3) is 3.86. The summed E-state index contributed by atoms with van der Waals surface area (Å²) in [6.45, 7) is 1.43. The van der Waals surface area contributed by atoms with Crippen molar-refractivity contribution in [2.45, 2.75) is 23.8 Å². The normalized spacial score (nSPS) is 16.1. The second-order valence-corrected chi connectivity index (χ2v) is 10.4. The number of hydrogen-bond donors (Lipinski definition) is 0. The van der Waals surface area contributed by atoms with E-state index < -0.39 is 22.8 Å². The Bertz CT molecular complexity index is 1610. The quantitative estimate of drug-likeness (QED) is 0.173. The highest BCUT2D eigenvalue weighted by molar-refractivity contribution is 6.21. The van der Waals surface area contributed by atoms with Gasteiger partial charge in [-0.2, -0.15) is 0 Å². The third-order valence-electron chi connectivity index (χ3n) is 8.28. The van der Waals surface area contributed by atoms with Gasteiger partial charge in [-0.1, -0.05) is 152 Å². The summed E-state index contributed by atoms with van der Waals surface area (Å²) >= 11 is 0. The second kappa shape index (κ2) is 10.5. The highest BCUT2D eigenvalue weighted by atomic mass is 16.2. The Kier molecular flexibility index (Phi) is 6.68. The molecule has 0 bridgehead atoms. The standard InChI is InChI=1S/C37H29NO3/c1-27(39)36(29-19-9-3-10-20-29,30-21-11-4-12-22-30)34(40)38-33(28-17-7-2-8-18-28)37(35(38)41,31-23-13-5-14-24-31)32-25-15-6-16-26-32/h2-26,33H,1H3. The predicted octanol–water partition coefficient (Wildman–Crippen LogP) is 6.66. The number of imide groups is 1. The summed E-state index contributed by atoms with van der Waals surface area (Å²) < 4.78 is 0. The van der Waals surface area contributed by atoms with Crippen molar-refractivity contribution in [1.82, 2.24) is 4.90 Å². The molecule has 41 heavy (non-hydrogen) atoms. The number of amides is 2. The van der Waals surface area contributed by atoms with E-state index >= 15 is 4.79 Å². The van der Waals surface area contributed by atoms with Crippen molar-refractivity contribution in [3.8, 4) is 0 Å². The molecule has 0 aromatic heterocycles. The molecule has 1 atom stereocenters.